The highest BCUT2D eigenvalue weighted by Crippen LogP contribution is 2.14. The second kappa shape index (κ2) is 5.93. The zero-order chi connectivity index (χ0) is 13.8. The molecule has 0 amide bonds. The standard InChI is InChI=1S/C16H22N2O/c1-13-4-6-16(7-5-13)12-17-8-10-18(11-9-17)14(2)15(3)19/h4-7,19H,2-3,8-12H2,1H3. The van der Waals surface area contributed by atoms with Crippen LogP contribution in [0.25, 0.3) is 0 Å². The van der Waals surface area contributed by atoms with E-state index in [1.807, 2.05) is 0 Å². The molecule has 3 nitrogen and oxygen atoms in total. The first-order chi connectivity index (χ1) is 9.06. The molecule has 0 aliphatic carbocycles. The molecular weight excluding hydrogens is 236 g/mol. The Balaban J connectivity index is 1.85. The summed E-state index contributed by atoms with van der Waals surface area (Å²) in [6, 6.07) is 8.69. The molecule has 3 heteroatoms. The van der Waals surface area contributed by atoms with Crippen molar-refractivity contribution >= 4 is 0 Å². The van der Waals surface area contributed by atoms with Crippen LogP contribution in [0.2, 0.25) is 0 Å². The smallest absolute Gasteiger partial charge is 0.131 e. The first kappa shape index (κ1) is 13.7. The van der Waals surface area contributed by atoms with Gasteiger partial charge in [-0.3, -0.25) is 4.90 Å². The number of aliphatic hydroxyl groups excluding tert-OH is 1. The fourth-order valence-corrected chi connectivity index (χ4v) is 2.31. The fraction of sp³-hybridized carbons (Fsp3) is 0.375. The molecule has 0 unspecified atom stereocenters. The third-order valence-electron chi connectivity index (χ3n) is 3.61. The molecule has 102 valence electrons. The molecule has 1 aliphatic rings. The van der Waals surface area contributed by atoms with E-state index in [1.54, 1.807) is 0 Å². The Morgan fingerprint density at radius 2 is 1.68 bits per heavy atom. The van der Waals surface area contributed by atoms with Crippen molar-refractivity contribution in [3.05, 3.63) is 60.0 Å². The van der Waals surface area contributed by atoms with Gasteiger partial charge in [0.1, 0.15) is 5.76 Å². The molecular formula is C16H22N2O. The Hall–Kier alpha value is -1.74. The number of aryl methyl sites for hydroxylation is 1. The predicted octanol–water partition coefficient (Wildman–Crippen LogP) is 2.70. The number of piperazine rings is 1. The summed E-state index contributed by atoms with van der Waals surface area (Å²) < 4.78 is 0. The van der Waals surface area contributed by atoms with Gasteiger partial charge in [-0.15, -0.1) is 0 Å². The summed E-state index contributed by atoms with van der Waals surface area (Å²) in [5, 5.41) is 9.35. The van der Waals surface area contributed by atoms with Gasteiger partial charge in [0.2, 0.25) is 0 Å². The van der Waals surface area contributed by atoms with E-state index < -0.39 is 0 Å². The minimum atomic E-state index is 0.0759. The van der Waals surface area contributed by atoms with Crippen molar-refractivity contribution in [1.82, 2.24) is 9.80 Å². The molecule has 1 N–H and O–H groups in total. The van der Waals surface area contributed by atoms with Gasteiger partial charge in [-0.2, -0.15) is 0 Å². The van der Waals surface area contributed by atoms with Crippen molar-refractivity contribution in [2.45, 2.75) is 13.5 Å². The number of hydrogen-bond donors (Lipinski definition) is 1. The van der Waals surface area contributed by atoms with Gasteiger partial charge in [-0.05, 0) is 12.5 Å². The van der Waals surface area contributed by atoms with Crippen LogP contribution in [0, 0.1) is 6.92 Å². The summed E-state index contributed by atoms with van der Waals surface area (Å²) >= 11 is 0. The van der Waals surface area contributed by atoms with Crippen molar-refractivity contribution in [3.8, 4) is 0 Å². The summed E-state index contributed by atoms with van der Waals surface area (Å²) in [6.45, 7) is 14.2. The highest BCUT2D eigenvalue weighted by atomic mass is 16.3. The summed E-state index contributed by atoms with van der Waals surface area (Å²) in [4.78, 5) is 4.52. The molecule has 0 bridgehead atoms. The average molecular weight is 258 g/mol. The number of nitrogens with zero attached hydrogens (tertiary/aromatic N) is 2. The molecule has 0 aromatic heterocycles. The van der Waals surface area contributed by atoms with Gasteiger partial charge >= 0.3 is 0 Å². The van der Waals surface area contributed by atoms with Crippen LogP contribution in [0.4, 0.5) is 0 Å². The van der Waals surface area contributed by atoms with E-state index >= 15 is 0 Å². The van der Waals surface area contributed by atoms with E-state index in [9.17, 15) is 5.11 Å². The highest BCUT2D eigenvalue weighted by Gasteiger charge is 2.18. The van der Waals surface area contributed by atoms with Crippen LogP contribution in [0.3, 0.4) is 0 Å². The summed E-state index contributed by atoms with van der Waals surface area (Å²) in [7, 11) is 0. The second-order valence-corrected chi connectivity index (χ2v) is 5.14. The van der Waals surface area contributed by atoms with Gasteiger partial charge in [0, 0.05) is 32.7 Å². The monoisotopic (exact) mass is 258 g/mol. The van der Waals surface area contributed by atoms with Gasteiger partial charge in [-0.25, -0.2) is 0 Å². The molecule has 1 fully saturated rings. The minimum absolute atomic E-state index is 0.0759. The molecule has 0 saturated carbocycles. The van der Waals surface area contributed by atoms with E-state index in [-0.39, 0.29) is 5.76 Å². The zero-order valence-corrected chi connectivity index (χ0v) is 11.6. The lowest BCUT2D eigenvalue weighted by atomic mass is 10.1. The molecule has 0 atom stereocenters. The van der Waals surface area contributed by atoms with Crippen LogP contribution in [0.15, 0.2) is 48.9 Å². The maximum Gasteiger partial charge on any atom is 0.131 e. The van der Waals surface area contributed by atoms with E-state index in [0.717, 1.165) is 32.7 Å². The van der Waals surface area contributed by atoms with Gasteiger partial charge in [0.15, 0.2) is 0 Å². The molecule has 19 heavy (non-hydrogen) atoms. The van der Waals surface area contributed by atoms with Crippen molar-refractivity contribution in [3.63, 3.8) is 0 Å². The Morgan fingerprint density at radius 1 is 1.11 bits per heavy atom. The van der Waals surface area contributed by atoms with Gasteiger partial charge in [0.25, 0.3) is 0 Å². The summed E-state index contributed by atoms with van der Waals surface area (Å²) in [6.07, 6.45) is 0. The zero-order valence-electron chi connectivity index (χ0n) is 11.6. The topological polar surface area (TPSA) is 26.7 Å². The quantitative estimate of drug-likeness (QED) is 0.664. The maximum absolute atomic E-state index is 9.35. The SMILES string of the molecule is C=C(O)C(=C)N1CCN(Cc2ccc(C)cc2)CC1. The molecule has 1 heterocycles. The highest BCUT2D eigenvalue weighted by molar-refractivity contribution is 5.21. The molecule has 1 aromatic carbocycles. The predicted molar refractivity (Wildman–Crippen MR) is 78.9 cm³/mol. The number of benzene rings is 1. The normalized spacial score (nSPS) is 16.4. The number of hydrogen-bond acceptors (Lipinski definition) is 3. The van der Waals surface area contributed by atoms with E-state index in [1.165, 1.54) is 11.1 Å². The third kappa shape index (κ3) is 3.61. The van der Waals surface area contributed by atoms with Crippen LogP contribution in [0.1, 0.15) is 11.1 Å². The minimum Gasteiger partial charge on any atom is -0.506 e. The number of rotatable bonds is 4. The van der Waals surface area contributed by atoms with Gasteiger partial charge in [-0.1, -0.05) is 43.0 Å². The van der Waals surface area contributed by atoms with Crippen LogP contribution in [0.5, 0.6) is 0 Å². The van der Waals surface area contributed by atoms with Crippen molar-refractivity contribution in [2.75, 3.05) is 26.2 Å². The largest absolute Gasteiger partial charge is 0.506 e. The first-order valence-electron chi connectivity index (χ1n) is 6.66. The third-order valence-corrected chi connectivity index (χ3v) is 3.61. The van der Waals surface area contributed by atoms with E-state index in [4.69, 9.17) is 0 Å². The second-order valence-electron chi connectivity index (χ2n) is 5.14. The van der Waals surface area contributed by atoms with Crippen LogP contribution in [-0.2, 0) is 6.54 Å². The lowest BCUT2D eigenvalue weighted by molar-refractivity contribution is 0.149. The lowest BCUT2D eigenvalue weighted by Crippen LogP contribution is -2.45. The van der Waals surface area contributed by atoms with Crippen molar-refractivity contribution in [1.29, 1.82) is 0 Å². The Morgan fingerprint density at radius 3 is 2.21 bits per heavy atom. The molecule has 1 aliphatic heterocycles. The Labute approximate surface area is 115 Å². The van der Waals surface area contributed by atoms with Crippen LogP contribution >= 0.6 is 0 Å². The molecule has 1 saturated heterocycles. The summed E-state index contributed by atoms with van der Waals surface area (Å²) in [5.74, 6) is 0.0759. The fourth-order valence-electron chi connectivity index (χ4n) is 2.31. The molecule has 0 radical (unpaired) electrons. The average Bonchev–Trinajstić information content (AvgIpc) is 2.41. The Kier molecular flexibility index (Phi) is 4.27. The van der Waals surface area contributed by atoms with Crippen LogP contribution in [-0.4, -0.2) is 41.1 Å². The van der Waals surface area contributed by atoms with Gasteiger partial charge < -0.3 is 10.0 Å². The maximum atomic E-state index is 9.35. The van der Waals surface area contributed by atoms with Crippen molar-refractivity contribution in [2.24, 2.45) is 0 Å². The van der Waals surface area contributed by atoms with Crippen LogP contribution < -0.4 is 0 Å². The summed E-state index contributed by atoms with van der Waals surface area (Å²) in [5.41, 5.74) is 3.30. The number of aliphatic hydroxyl groups is 1. The Bertz CT molecular complexity index is 456. The van der Waals surface area contributed by atoms with Gasteiger partial charge in [0.05, 0.1) is 5.70 Å². The van der Waals surface area contributed by atoms with Crippen molar-refractivity contribution < 1.29 is 5.11 Å². The molecule has 2 rings (SSSR count). The molecule has 0 spiro atoms. The molecule has 1 aromatic rings. The van der Waals surface area contributed by atoms with E-state index in [0.29, 0.717) is 5.70 Å². The first-order valence-corrected chi connectivity index (χ1v) is 6.66. The van der Waals surface area contributed by atoms with E-state index in [2.05, 4.69) is 54.1 Å². The lowest BCUT2D eigenvalue weighted by Gasteiger charge is -2.36.